The maximum atomic E-state index is 13.2. The predicted molar refractivity (Wildman–Crippen MR) is 145 cm³/mol. The fraction of sp³-hybridized carbons (Fsp3) is 0.429. The van der Waals surface area contributed by atoms with Crippen molar-refractivity contribution in [3.05, 3.63) is 65.2 Å². The summed E-state index contributed by atoms with van der Waals surface area (Å²) in [6.45, 7) is 4.51. The average Bonchev–Trinajstić information content (AvgIpc) is 3.37. The van der Waals surface area contributed by atoms with Gasteiger partial charge in [0.2, 0.25) is 5.91 Å². The van der Waals surface area contributed by atoms with E-state index in [2.05, 4.69) is 10.2 Å². The third-order valence-corrected chi connectivity index (χ3v) is 7.96. The Bertz CT molecular complexity index is 1380. The molecule has 3 aromatic rings. The molecule has 1 fully saturated rings. The number of carbonyl (C=O) groups is 2. The normalized spacial score (nSPS) is 16.1. The van der Waals surface area contributed by atoms with Gasteiger partial charge in [-0.05, 0) is 38.5 Å². The topological polar surface area (TPSA) is 71.3 Å². The van der Waals surface area contributed by atoms with Gasteiger partial charge in [0.05, 0.1) is 11.1 Å². The molecule has 7 nitrogen and oxygen atoms in total. The Kier molecular flexibility index (Phi) is 9.53. The summed E-state index contributed by atoms with van der Waals surface area (Å²) >= 11 is 1.49. The monoisotopic (exact) mass is 613 g/mol. The molecule has 1 atom stereocenters. The summed E-state index contributed by atoms with van der Waals surface area (Å²) < 4.78 is 81.5. The van der Waals surface area contributed by atoms with Crippen LogP contribution in [0.5, 0.6) is 0 Å². The Morgan fingerprint density at radius 3 is 2.17 bits per heavy atom. The maximum absolute atomic E-state index is 13.2. The summed E-state index contributed by atoms with van der Waals surface area (Å²) in [5.74, 6) is 0.286. The Morgan fingerprint density at radius 2 is 1.60 bits per heavy atom. The van der Waals surface area contributed by atoms with Crippen LogP contribution in [0.15, 0.2) is 53.7 Å². The van der Waals surface area contributed by atoms with Gasteiger partial charge in [-0.1, -0.05) is 42.1 Å². The van der Waals surface area contributed by atoms with E-state index in [1.807, 2.05) is 41.8 Å². The molecule has 1 saturated heterocycles. The molecular formula is C28H29F6N5O2S. The Morgan fingerprint density at radius 1 is 0.952 bits per heavy atom. The van der Waals surface area contributed by atoms with E-state index in [9.17, 15) is 35.9 Å². The van der Waals surface area contributed by atoms with E-state index in [4.69, 9.17) is 0 Å². The van der Waals surface area contributed by atoms with Crippen LogP contribution in [-0.4, -0.2) is 67.8 Å². The van der Waals surface area contributed by atoms with Crippen molar-refractivity contribution in [2.75, 3.05) is 25.4 Å². The lowest BCUT2D eigenvalue weighted by atomic mass is 10.0. The van der Waals surface area contributed by atoms with E-state index in [0.29, 0.717) is 30.9 Å². The molecule has 0 bridgehead atoms. The maximum Gasteiger partial charge on any atom is 0.416 e. The van der Waals surface area contributed by atoms with Gasteiger partial charge in [0.15, 0.2) is 11.0 Å². The van der Waals surface area contributed by atoms with Crippen LogP contribution in [0, 0.1) is 0 Å². The Hall–Kier alpha value is -3.55. The largest absolute Gasteiger partial charge is 0.416 e. The highest BCUT2D eigenvalue weighted by atomic mass is 32.2. The van der Waals surface area contributed by atoms with E-state index in [-0.39, 0.29) is 38.0 Å². The van der Waals surface area contributed by atoms with Crippen molar-refractivity contribution < 1.29 is 35.9 Å². The van der Waals surface area contributed by atoms with Gasteiger partial charge in [0, 0.05) is 55.5 Å². The van der Waals surface area contributed by atoms with Crippen LogP contribution >= 0.6 is 11.8 Å². The molecule has 0 spiro atoms. The molecule has 0 saturated carbocycles. The first-order chi connectivity index (χ1) is 19.8. The number of aromatic nitrogens is 3. The van der Waals surface area contributed by atoms with Crippen LogP contribution in [0.25, 0.3) is 11.4 Å². The SMILES string of the molecule is CCn1c(SCCCC(=O)N2CCN(C(=O)c3cc(C(F)(F)F)cc(C(F)(F)F)c3)C(C)C2)nnc1-c1ccccc1. The first-order valence-electron chi connectivity index (χ1n) is 13.3. The number of hydrogen-bond donors (Lipinski definition) is 0. The average molecular weight is 614 g/mol. The van der Waals surface area contributed by atoms with Gasteiger partial charge >= 0.3 is 12.4 Å². The lowest BCUT2D eigenvalue weighted by Gasteiger charge is -2.40. The number of carbonyl (C=O) groups excluding carboxylic acids is 2. The van der Waals surface area contributed by atoms with Crippen molar-refractivity contribution in [3.63, 3.8) is 0 Å². The molecule has 2 heterocycles. The molecule has 0 aliphatic carbocycles. The van der Waals surface area contributed by atoms with E-state index in [1.54, 1.807) is 11.8 Å². The second kappa shape index (κ2) is 12.8. The number of nitrogens with zero attached hydrogens (tertiary/aromatic N) is 5. The van der Waals surface area contributed by atoms with Crippen molar-refractivity contribution in [3.8, 4) is 11.4 Å². The van der Waals surface area contributed by atoms with Crippen molar-refractivity contribution in [2.45, 2.75) is 56.8 Å². The molecule has 226 valence electrons. The van der Waals surface area contributed by atoms with Crippen LogP contribution < -0.4 is 0 Å². The number of rotatable bonds is 8. The zero-order chi connectivity index (χ0) is 30.7. The van der Waals surface area contributed by atoms with Gasteiger partial charge in [-0.2, -0.15) is 26.3 Å². The van der Waals surface area contributed by atoms with Crippen LogP contribution in [0.2, 0.25) is 0 Å². The van der Waals surface area contributed by atoms with E-state index in [0.717, 1.165) is 16.5 Å². The number of halogens is 6. The molecule has 0 radical (unpaired) electrons. The molecule has 2 aromatic carbocycles. The lowest BCUT2D eigenvalue weighted by molar-refractivity contribution is -0.143. The molecule has 1 aromatic heterocycles. The minimum Gasteiger partial charge on any atom is -0.339 e. The fourth-order valence-corrected chi connectivity index (χ4v) is 5.70. The second-order valence-electron chi connectivity index (χ2n) is 9.85. The molecule has 14 heteroatoms. The Balaban J connectivity index is 1.32. The van der Waals surface area contributed by atoms with Crippen LogP contribution in [0.4, 0.5) is 26.3 Å². The molecule has 1 unspecified atom stereocenters. The highest BCUT2D eigenvalue weighted by molar-refractivity contribution is 7.99. The highest BCUT2D eigenvalue weighted by Crippen LogP contribution is 2.37. The summed E-state index contributed by atoms with van der Waals surface area (Å²) in [6, 6.07) is 9.93. The van der Waals surface area contributed by atoms with Crippen LogP contribution in [0.1, 0.15) is 48.2 Å². The van der Waals surface area contributed by atoms with Gasteiger partial charge in [0.1, 0.15) is 0 Å². The Labute approximate surface area is 242 Å². The smallest absolute Gasteiger partial charge is 0.339 e. The molecular weight excluding hydrogens is 584 g/mol. The number of hydrogen-bond acceptors (Lipinski definition) is 5. The molecule has 0 N–H and O–H groups in total. The third-order valence-electron chi connectivity index (χ3n) is 6.91. The van der Waals surface area contributed by atoms with Gasteiger partial charge in [-0.3, -0.25) is 9.59 Å². The van der Waals surface area contributed by atoms with Crippen molar-refractivity contribution in [1.29, 1.82) is 0 Å². The summed E-state index contributed by atoms with van der Waals surface area (Å²) in [7, 11) is 0. The van der Waals surface area contributed by atoms with E-state index in [1.165, 1.54) is 16.7 Å². The zero-order valence-corrected chi connectivity index (χ0v) is 23.7. The predicted octanol–water partition coefficient (Wildman–Crippen LogP) is 6.25. The summed E-state index contributed by atoms with van der Waals surface area (Å²) in [5.41, 5.74) is -2.84. The first-order valence-corrected chi connectivity index (χ1v) is 14.3. The van der Waals surface area contributed by atoms with Crippen molar-refractivity contribution >= 4 is 23.6 Å². The highest BCUT2D eigenvalue weighted by Gasteiger charge is 2.39. The van der Waals surface area contributed by atoms with E-state index >= 15 is 0 Å². The van der Waals surface area contributed by atoms with Crippen molar-refractivity contribution in [1.82, 2.24) is 24.6 Å². The summed E-state index contributed by atoms with van der Waals surface area (Å²) in [4.78, 5) is 28.6. The van der Waals surface area contributed by atoms with Gasteiger partial charge in [-0.25, -0.2) is 0 Å². The standard InChI is InChI=1S/C28H29F6N5O2S/c1-3-38-24(19-8-5-4-6-9-19)35-36-26(38)42-13-7-10-23(40)37-11-12-39(18(2)17-37)25(41)20-14-21(27(29,30)31)16-22(15-20)28(32,33)34/h4-6,8-9,14-16,18H,3,7,10-13,17H2,1-2H3. The second-order valence-corrected chi connectivity index (χ2v) is 10.9. The molecule has 1 aliphatic heterocycles. The van der Waals surface area contributed by atoms with Crippen molar-refractivity contribution in [2.24, 2.45) is 0 Å². The van der Waals surface area contributed by atoms with Gasteiger partial charge in [-0.15, -0.1) is 10.2 Å². The van der Waals surface area contributed by atoms with Gasteiger partial charge in [0.25, 0.3) is 5.91 Å². The van der Waals surface area contributed by atoms with E-state index < -0.39 is 41.0 Å². The minimum absolute atomic E-state index is 0.0105. The summed E-state index contributed by atoms with van der Waals surface area (Å²) in [6.07, 6.45) is -9.32. The molecule has 2 amide bonds. The summed E-state index contributed by atoms with van der Waals surface area (Å²) in [5, 5.41) is 9.33. The number of thioether (sulfide) groups is 1. The third kappa shape index (κ3) is 7.26. The molecule has 4 rings (SSSR count). The quantitative estimate of drug-likeness (QED) is 0.171. The fourth-order valence-electron chi connectivity index (χ4n) is 4.76. The zero-order valence-electron chi connectivity index (χ0n) is 22.9. The molecule has 1 aliphatic rings. The lowest BCUT2D eigenvalue weighted by Crippen LogP contribution is -2.55. The van der Waals surface area contributed by atoms with Crippen LogP contribution in [0.3, 0.4) is 0 Å². The van der Waals surface area contributed by atoms with Gasteiger partial charge < -0.3 is 14.4 Å². The first kappa shape index (κ1) is 31.4. The molecule has 42 heavy (non-hydrogen) atoms. The minimum atomic E-state index is -5.05. The number of piperazine rings is 1. The number of alkyl halides is 6. The number of benzene rings is 2. The number of amides is 2. The van der Waals surface area contributed by atoms with Crippen LogP contribution in [-0.2, 0) is 23.7 Å².